The van der Waals surface area contributed by atoms with Crippen molar-refractivity contribution in [2.45, 2.75) is 89.7 Å². The maximum atomic E-state index is 13.6. The number of fused-ring (bicyclic) bond motifs is 6. The minimum absolute atomic E-state index is 0.128. The van der Waals surface area contributed by atoms with Crippen molar-refractivity contribution in [3.8, 4) is 0 Å². The zero-order valence-electron chi connectivity index (χ0n) is 20.9. The van der Waals surface area contributed by atoms with Crippen LogP contribution >= 0.6 is 0 Å². The Morgan fingerprint density at radius 3 is 2.79 bits per heavy atom. The number of ether oxygens (including phenoxy) is 1. The number of hydrogen-bond acceptors (Lipinski definition) is 5. The highest BCUT2D eigenvalue weighted by Gasteiger charge is 2.59. The number of carbonyl (C=O) groups excluding carboxylic acids is 1. The maximum Gasteiger partial charge on any atom is 0.159 e. The standard InChI is InChI=1S/C28H41N3O3/c1-27-13-11-20-19-12-14-28(33,17-34-2)15-18(19)7-8-21(20)22(27)9-10-23(27)26(32)16-31-29-24-5-3-4-6-25(24)30-31/h3,5,18-23,33H,4,6-17H2,1-2H3/t18?,19-,20?,21+,22?,23-,27-,28+/m0/s1. The summed E-state index contributed by atoms with van der Waals surface area (Å²) in [7, 11) is 1.70. The van der Waals surface area contributed by atoms with Gasteiger partial charge in [-0.1, -0.05) is 13.0 Å². The molecular formula is C28H41N3O3. The lowest BCUT2D eigenvalue weighted by Crippen LogP contribution is -2.52. The summed E-state index contributed by atoms with van der Waals surface area (Å²) in [5.74, 6) is 4.09. The van der Waals surface area contributed by atoms with Crippen LogP contribution in [-0.4, -0.2) is 45.2 Å². The molecule has 1 N–H and O–H groups in total. The summed E-state index contributed by atoms with van der Waals surface area (Å²) < 4.78 is 5.35. The number of carbonyl (C=O) groups is 1. The SMILES string of the molecule is COC[C@@]1(O)CC[C@H]2C(CC[C@@H]3C2CC[C@@]2(C)C3CC[C@H]2C(=O)Cn2nc3c(n2)CCC=C3)C1. The van der Waals surface area contributed by atoms with Gasteiger partial charge in [-0.3, -0.25) is 4.79 Å². The lowest BCUT2D eigenvalue weighted by molar-refractivity contribution is -0.137. The zero-order valence-corrected chi connectivity index (χ0v) is 20.9. The fourth-order valence-electron chi connectivity index (χ4n) is 9.33. The van der Waals surface area contributed by atoms with E-state index in [2.05, 4.69) is 23.2 Å². The highest BCUT2D eigenvalue weighted by molar-refractivity contribution is 5.82. The number of aryl methyl sites for hydroxylation is 1. The van der Waals surface area contributed by atoms with Crippen molar-refractivity contribution in [3.05, 3.63) is 17.5 Å². The Labute approximate surface area is 203 Å². The molecule has 1 aromatic rings. The summed E-state index contributed by atoms with van der Waals surface area (Å²) in [5, 5.41) is 20.2. The predicted octanol–water partition coefficient (Wildman–Crippen LogP) is 4.45. The number of aromatic nitrogens is 3. The summed E-state index contributed by atoms with van der Waals surface area (Å²) in [6, 6.07) is 0. The van der Waals surface area contributed by atoms with Gasteiger partial charge in [0, 0.05) is 13.0 Å². The van der Waals surface area contributed by atoms with Crippen molar-refractivity contribution in [1.82, 2.24) is 15.0 Å². The van der Waals surface area contributed by atoms with Crippen LogP contribution in [0, 0.1) is 40.9 Å². The molecule has 0 radical (unpaired) electrons. The van der Waals surface area contributed by atoms with Gasteiger partial charge in [-0.15, -0.1) is 0 Å². The number of Topliss-reactive ketones (excluding diaryl/α,β-unsaturated/α-hetero) is 1. The van der Waals surface area contributed by atoms with Crippen molar-refractivity contribution in [2.24, 2.45) is 40.9 Å². The van der Waals surface area contributed by atoms with Gasteiger partial charge >= 0.3 is 0 Å². The first-order valence-electron chi connectivity index (χ1n) is 13.7. The van der Waals surface area contributed by atoms with Gasteiger partial charge in [0.15, 0.2) is 5.78 Å². The first-order chi connectivity index (χ1) is 16.4. The number of methoxy groups -OCH3 is 1. The van der Waals surface area contributed by atoms with Gasteiger partial charge in [0.1, 0.15) is 12.2 Å². The van der Waals surface area contributed by atoms with Gasteiger partial charge in [0.2, 0.25) is 0 Å². The van der Waals surface area contributed by atoms with Crippen LogP contribution in [0.3, 0.4) is 0 Å². The van der Waals surface area contributed by atoms with E-state index in [-0.39, 0.29) is 11.3 Å². The van der Waals surface area contributed by atoms with Crippen LogP contribution < -0.4 is 0 Å². The summed E-state index contributed by atoms with van der Waals surface area (Å²) in [6.45, 7) is 3.22. The van der Waals surface area contributed by atoms with E-state index in [9.17, 15) is 9.90 Å². The minimum atomic E-state index is -0.619. The van der Waals surface area contributed by atoms with Gasteiger partial charge in [-0.2, -0.15) is 15.0 Å². The Morgan fingerprint density at radius 2 is 1.97 bits per heavy atom. The van der Waals surface area contributed by atoms with Gasteiger partial charge in [0.05, 0.1) is 17.9 Å². The third-order valence-corrected chi connectivity index (χ3v) is 10.8. The van der Waals surface area contributed by atoms with Crippen LogP contribution in [0.1, 0.15) is 82.5 Å². The lowest BCUT2D eigenvalue weighted by atomic mass is 9.49. The molecule has 186 valence electrons. The fraction of sp³-hybridized carbons (Fsp3) is 0.821. The molecule has 0 aliphatic heterocycles. The number of aliphatic hydroxyl groups is 1. The minimum Gasteiger partial charge on any atom is -0.387 e. The number of hydrogen-bond donors (Lipinski definition) is 1. The summed E-state index contributed by atoms with van der Waals surface area (Å²) in [4.78, 5) is 15.2. The molecule has 5 aliphatic rings. The second kappa shape index (κ2) is 8.55. The van der Waals surface area contributed by atoms with Crippen LogP contribution in [0.2, 0.25) is 0 Å². The van der Waals surface area contributed by atoms with Crippen LogP contribution in [0.25, 0.3) is 6.08 Å². The van der Waals surface area contributed by atoms with Crippen molar-refractivity contribution >= 4 is 11.9 Å². The summed E-state index contributed by atoms with van der Waals surface area (Å²) >= 11 is 0. The molecule has 34 heavy (non-hydrogen) atoms. The Morgan fingerprint density at radius 1 is 1.12 bits per heavy atom. The molecule has 0 amide bonds. The van der Waals surface area contributed by atoms with E-state index in [0.717, 1.165) is 67.7 Å². The highest BCUT2D eigenvalue weighted by Crippen LogP contribution is 2.64. The quantitative estimate of drug-likeness (QED) is 0.692. The van der Waals surface area contributed by atoms with E-state index in [0.29, 0.717) is 30.8 Å². The molecule has 3 unspecified atom stereocenters. The Balaban J connectivity index is 1.15. The van der Waals surface area contributed by atoms with Crippen molar-refractivity contribution in [3.63, 3.8) is 0 Å². The molecule has 8 atom stereocenters. The lowest BCUT2D eigenvalue weighted by Gasteiger charge is -2.57. The molecule has 5 aliphatic carbocycles. The first-order valence-corrected chi connectivity index (χ1v) is 13.7. The molecule has 0 bridgehead atoms. The Hall–Kier alpha value is -1.53. The summed E-state index contributed by atoms with van der Waals surface area (Å²) in [5.41, 5.74) is 1.49. The molecule has 0 saturated heterocycles. The molecule has 6 nitrogen and oxygen atoms in total. The van der Waals surface area contributed by atoms with E-state index >= 15 is 0 Å². The number of ketones is 1. The predicted molar refractivity (Wildman–Crippen MR) is 130 cm³/mol. The second-order valence-electron chi connectivity index (χ2n) is 12.5. The molecule has 0 aromatic carbocycles. The third-order valence-electron chi connectivity index (χ3n) is 10.8. The highest BCUT2D eigenvalue weighted by atomic mass is 16.5. The van der Waals surface area contributed by atoms with E-state index in [1.54, 1.807) is 11.9 Å². The van der Waals surface area contributed by atoms with Gasteiger partial charge in [-0.25, -0.2) is 0 Å². The van der Waals surface area contributed by atoms with Crippen LogP contribution in [-0.2, 0) is 22.5 Å². The molecular weight excluding hydrogens is 426 g/mol. The van der Waals surface area contributed by atoms with Crippen molar-refractivity contribution < 1.29 is 14.6 Å². The van der Waals surface area contributed by atoms with E-state index in [1.807, 2.05) is 6.08 Å². The van der Waals surface area contributed by atoms with Gasteiger partial charge in [-0.05, 0) is 112 Å². The van der Waals surface area contributed by atoms with Gasteiger partial charge in [0.25, 0.3) is 0 Å². The van der Waals surface area contributed by atoms with Crippen LogP contribution in [0.5, 0.6) is 0 Å². The van der Waals surface area contributed by atoms with E-state index in [4.69, 9.17) is 4.74 Å². The first kappa shape index (κ1) is 22.9. The smallest absolute Gasteiger partial charge is 0.159 e. The molecule has 1 aromatic heterocycles. The molecule has 4 saturated carbocycles. The van der Waals surface area contributed by atoms with Crippen molar-refractivity contribution in [2.75, 3.05) is 13.7 Å². The van der Waals surface area contributed by atoms with E-state index < -0.39 is 5.60 Å². The maximum absolute atomic E-state index is 13.6. The van der Waals surface area contributed by atoms with Gasteiger partial charge < -0.3 is 9.84 Å². The molecule has 6 rings (SSSR count). The van der Waals surface area contributed by atoms with E-state index in [1.165, 1.54) is 32.1 Å². The molecule has 1 heterocycles. The zero-order chi connectivity index (χ0) is 23.5. The number of rotatable bonds is 5. The molecule has 4 fully saturated rings. The Kier molecular flexibility index (Phi) is 5.76. The number of allylic oxidation sites excluding steroid dienone is 1. The van der Waals surface area contributed by atoms with Crippen molar-refractivity contribution in [1.29, 1.82) is 0 Å². The average molecular weight is 468 g/mol. The largest absolute Gasteiger partial charge is 0.387 e. The molecule has 6 heteroatoms. The third kappa shape index (κ3) is 3.71. The summed E-state index contributed by atoms with van der Waals surface area (Å²) in [6.07, 6.45) is 16.2. The fourth-order valence-corrected chi connectivity index (χ4v) is 9.33. The Bertz CT molecular complexity index is 972. The average Bonchev–Trinajstić information content (AvgIpc) is 3.38. The van der Waals surface area contributed by atoms with Crippen LogP contribution in [0.15, 0.2) is 6.08 Å². The van der Waals surface area contributed by atoms with Crippen LogP contribution in [0.4, 0.5) is 0 Å². The monoisotopic (exact) mass is 467 g/mol. The topological polar surface area (TPSA) is 77.2 Å². The molecule has 0 spiro atoms. The second-order valence-corrected chi connectivity index (χ2v) is 12.5. The number of nitrogens with zero attached hydrogens (tertiary/aromatic N) is 3. The normalized spacial score (nSPS) is 43.0.